The van der Waals surface area contributed by atoms with Crippen LogP contribution in [-0.2, 0) is 24.3 Å². The van der Waals surface area contributed by atoms with Crippen LogP contribution in [0.2, 0.25) is 0 Å². The van der Waals surface area contributed by atoms with Crippen LogP contribution in [0, 0.1) is 0 Å². The summed E-state index contributed by atoms with van der Waals surface area (Å²) in [5, 5.41) is 0. The minimum Gasteiger partial charge on any atom is -0.469 e. The molecule has 0 radical (unpaired) electrons. The van der Waals surface area contributed by atoms with Crippen LogP contribution in [0.15, 0.2) is 0 Å². The largest absolute Gasteiger partial charge is 0.469 e. The molecule has 3 N–H and O–H groups in total. The summed E-state index contributed by atoms with van der Waals surface area (Å²) in [6, 6.07) is -0.955. The van der Waals surface area contributed by atoms with E-state index in [1.54, 1.807) is 0 Å². The van der Waals surface area contributed by atoms with Crippen molar-refractivity contribution < 1.29 is 22.7 Å². The number of carbonyl (C=O) groups excluding carboxylic acids is 2. The van der Waals surface area contributed by atoms with Gasteiger partial charge >= 0.3 is 5.97 Å². The molecule has 0 saturated carbocycles. The Balaban J connectivity index is 4.07. The third-order valence-electron chi connectivity index (χ3n) is 1.80. The van der Waals surface area contributed by atoms with Crippen molar-refractivity contribution in [3.05, 3.63) is 0 Å². The summed E-state index contributed by atoms with van der Waals surface area (Å²) in [4.78, 5) is 21.3. The van der Waals surface area contributed by atoms with Gasteiger partial charge in [-0.25, -0.2) is 13.1 Å². The maximum Gasteiger partial charge on any atom is 0.305 e. The number of methoxy groups -OCH3 is 1. The minimum absolute atomic E-state index is 0.0162. The summed E-state index contributed by atoms with van der Waals surface area (Å²) in [7, 11) is -2.36. The van der Waals surface area contributed by atoms with E-state index in [0.29, 0.717) is 0 Å². The average Bonchev–Trinajstić information content (AvgIpc) is 2.16. The number of hydrogen-bond acceptors (Lipinski definition) is 5. The summed E-state index contributed by atoms with van der Waals surface area (Å²) in [6.45, 7) is 1.35. The molecule has 0 rings (SSSR count). The molecule has 0 aromatic rings. The molecule has 1 amide bonds. The fourth-order valence-corrected chi connectivity index (χ4v) is 2.19. The first-order valence-electron chi connectivity index (χ1n) is 4.64. The van der Waals surface area contributed by atoms with E-state index in [2.05, 4.69) is 9.46 Å². The Morgan fingerprint density at radius 3 is 2.44 bits per heavy atom. The first-order chi connectivity index (χ1) is 7.28. The van der Waals surface area contributed by atoms with Gasteiger partial charge in [-0.2, -0.15) is 0 Å². The maximum absolute atomic E-state index is 11.3. The fourth-order valence-electron chi connectivity index (χ4n) is 0.895. The van der Waals surface area contributed by atoms with Crippen LogP contribution in [0.1, 0.15) is 19.8 Å². The Hall–Kier alpha value is -1.15. The highest BCUT2D eigenvalue weighted by Crippen LogP contribution is 1.97. The molecule has 0 heterocycles. The normalized spacial score (nSPS) is 13.1. The first kappa shape index (κ1) is 14.8. The number of nitrogens with one attached hydrogen (secondary N) is 1. The summed E-state index contributed by atoms with van der Waals surface area (Å²) in [6.07, 6.45) is 0.149. The molecule has 7 nitrogen and oxygen atoms in total. The summed E-state index contributed by atoms with van der Waals surface area (Å²) >= 11 is 0. The molecular weight excluding hydrogens is 236 g/mol. The number of primary amides is 1. The van der Waals surface area contributed by atoms with Crippen molar-refractivity contribution in [2.24, 2.45) is 5.73 Å². The standard InChI is InChI=1S/C8H16N2O5S/c1-6(8(9)12)10-16(13,14)5-3-4-7(11)15-2/h6,10H,3-5H2,1-2H3,(H2,9,12). The molecule has 0 aliphatic heterocycles. The number of ether oxygens (including phenoxy) is 1. The number of rotatable bonds is 7. The first-order valence-corrected chi connectivity index (χ1v) is 6.30. The highest BCUT2D eigenvalue weighted by atomic mass is 32.2. The van der Waals surface area contributed by atoms with Gasteiger partial charge in [0.1, 0.15) is 0 Å². The van der Waals surface area contributed by atoms with E-state index in [1.165, 1.54) is 14.0 Å². The molecular formula is C8H16N2O5S. The number of carbonyl (C=O) groups is 2. The van der Waals surface area contributed by atoms with Crippen molar-refractivity contribution in [1.82, 2.24) is 4.72 Å². The zero-order chi connectivity index (χ0) is 12.8. The van der Waals surface area contributed by atoms with Crippen molar-refractivity contribution >= 4 is 21.9 Å². The lowest BCUT2D eigenvalue weighted by Gasteiger charge is -2.10. The molecule has 0 aliphatic rings. The topological polar surface area (TPSA) is 116 Å². The SMILES string of the molecule is COC(=O)CCCS(=O)(=O)NC(C)C(N)=O. The van der Waals surface area contributed by atoms with E-state index >= 15 is 0 Å². The average molecular weight is 252 g/mol. The van der Waals surface area contributed by atoms with Crippen molar-refractivity contribution in [2.45, 2.75) is 25.8 Å². The molecule has 1 atom stereocenters. The van der Waals surface area contributed by atoms with Crippen molar-refractivity contribution in [3.8, 4) is 0 Å². The van der Waals surface area contributed by atoms with Gasteiger partial charge < -0.3 is 10.5 Å². The molecule has 16 heavy (non-hydrogen) atoms. The molecule has 0 bridgehead atoms. The quantitative estimate of drug-likeness (QED) is 0.548. The van der Waals surface area contributed by atoms with E-state index in [-0.39, 0.29) is 18.6 Å². The lowest BCUT2D eigenvalue weighted by molar-refractivity contribution is -0.140. The van der Waals surface area contributed by atoms with E-state index in [4.69, 9.17) is 5.73 Å². The van der Waals surface area contributed by atoms with E-state index in [1.807, 2.05) is 0 Å². The predicted molar refractivity (Wildman–Crippen MR) is 56.8 cm³/mol. The summed E-state index contributed by atoms with van der Waals surface area (Å²) in [5.41, 5.74) is 4.90. The minimum atomic E-state index is -3.59. The molecule has 0 saturated heterocycles. The molecule has 0 aromatic heterocycles. The van der Waals surface area contributed by atoms with Gasteiger partial charge in [-0.05, 0) is 13.3 Å². The number of sulfonamides is 1. The molecule has 0 aliphatic carbocycles. The Morgan fingerprint density at radius 2 is 2.00 bits per heavy atom. The van der Waals surface area contributed by atoms with Gasteiger partial charge in [-0.1, -0.05) is 0 Å². The van der Waals surface area contributed by atoms with Gasteiger partial charge in [-0.15, -0.1) is 0 Å². The second-order valence-electron chi connectivity index (χ2n) is 3.24. The molecule has 1 unspecified atom stereocenters. The highest BCUT2D eigenvalue weighted by Gasteiger charge is 2.18. The van der Waals surface area contributed by atoms with E-state index in [9.17, 15) is 18.0 Å². The van der Waals surface area contributed by atoms with Gasteiger partial charge in [0.25, 0.3) is 0 Å². The van der Waals surface area contributed by atoms with Crippen LogP contribution in [0.25, 0.3) is 0 Å². The Bertz CT molecular complexity index is 351. The number of nitrogens with two attached hydrogens (primary N) is 1. The number of hydrogen-bond donors (Lipinski definition) is 2. The third-order valence-corrected chi connectivity index (χ3v) is 3.34. The maximum atomic E-state index is 11.3. The van der Waals surface area contributed by atoms with Gasteiger partial charge in [-0.3, -0.25) is 9.59 Å². The molecule has 94 valence electrons. The zero-order valence-corrected chi connectivity index (χ0v) is 10.0. The summed E-state index contributed by atoms with van der Waals surface area (Å²) < 4.78 is 29.1. The van der Waals surface area contributed by atoms with Gasteiger partial charge in [0.2, 0.25) is 15.9 Å². The monoisotopic (exact) mass is 252 g/mol. The fraction of sp³-hybridized carbons (Fsp3) is 0.750. The van der Waals surface area contributed by atoms with Gasteiger partial charge in [0.15, 0.2) is 0 Å². The molecule has 0 aromatic carbocycles. The van der Waals surface area contributed by atoms with Crippen LogP contribution in [0.5, 0.6) is 0 Å². The van der Waals surface area contributed by atoms with E-state index < -0.39 is 27.9 Å². The lowest BCUT2D eigenvalue weighted by atomic mass is 10.3. The van der Waals surface area contributed by atoms with E-state index in [0.717, 1.165) is 0 Å². The number of amides is 1. The Labute approximate surface area is 94.4 Å². The van der Waals surface area contributed by atoms with Crippen LogP contribution < -0.4 is 10.5 Å². The lowest BCUT2D eigenvalue weighted by Crippen LogP contribution is -2.43. The molecule has 0 fully saturated rings. The van der Waals surface area contributed by atoms with Gasteiger partial charge in [0, 0.05) is 6.42 Å². The third kappa shape index (κ3) is 6.36. The van der Waals surface area contributed by atoms with Crippen LogP contribution in [-0.4, -0.2) is 39.2 Å². The highest BCUT2D eigenvalue weighted by molar-refractivity contribution is 7.89. The van der Waals surface area contributed by atoms with Crippen LogP contribution in [0.4, 0.5) is 0 Å². The Morgan fingerprint density at radius 1 is 1.44 bits per heavy atom. The Kier molecular flexibility index (Phi) is 5.97. The molecule has 8 heteroatoms. The van der Waals surface area contributed by atoms with Crippen molar-refractivity contribution in [2.75, 3.05) is 12.9 Å². The smallest absolute Gasteiger partial charge is 0.305 e. The zero-order valence-electron chi connectivity index (χ0n) is 9.23. The van der Waals surface area contributed by atoms with Gasteiger partial charge in [0.05, 0.1) is 18.9 Å². The van der Waals surface area contributed by atoms with Crippen molar-refractivity contribution in [3.63, 3.8) is 0 Å². The van der Waals surface area contributed by atoms with Crippen molar-refractivity contribution in [1.29, 1.82) is 0 Å². The summed E-state index contributed by atoms with van der Waals surface area (Å²) in [5.74, 6) is -1.48. The number of esters is 1. The molecule has 0 spiro atoms. The predicted octanol–water partition coefficient (Wildman–Crippen LogP) is -1.27. The second kappa shape index (κ2) is 6.44. The van der Waals surface area contributed by atoms with Crippen LogP contribution in [0.3, 0.4) is 0 Å². The van der Waals surface area contributed by atoms with Crippen LogP contribution >= 0.6 is 0 Å². The second-order valence-corrected chi connectivity index (χ2v) is 5.11.